The summed E-state index contributed by atoms with van der Waals surface area (Å²) in [4.78, 5) is 21.6. The molecule has 0 amide bonds. The molecule has 5 rings (SSSR count). The van der Waals surface area contributed by atoms with Gasteiger partial charge in [-0.05, 0) is 48.9 Å². The van der Waals surface area contributed by atoms with E-state index in [1.54, 1.807) is 33.8 Å². The highest BCUT2D eigenvalue weighted by Gasteiger charge is 2.08. The average molecular weight is 408 g/mol. The molecule has 31 heavy (non-hydrogen) atoms. The highest BCUT2D eigenvalue weighted by molar-refractivity contribution is 5.75. The zero-order valence-corrected chi connectivity index (χ0v) is 16.9. The quantitative estimate of drug-likeness (QED) is 0.474. The summed E-state index contributed by atoms with van der Waals surface area (Å²) in [6, 6.07) is 21.1. The molecule has 0 aliphatic rings. The Kier molecular flexibility index (Phi) is 4.76. The van der Waals surface area contributed by atoms with Gasteiger partial charge in [-0.1, -0.05) is 29.8 Å². The van der Waals surface area contributed by atoms with Gasteiger partial charge in [0.25, 0.3) is 5.56 Å². The first-order chi connectivity index (χ1) is 15.2. The number of fused-ring (bicyclic) bond motifs is 1. The Morgan fingerprint density at radius 1 is 0.968 bits per heavy atom. The molecule has 0 aliphatic carbocycles. The van der Waals surface area contributed by atoms with Crippen LogP contribution in [0.5, 0.6) is 0 Å². The molecule has 7 heteroatoms. The summed E-state index contributed by atoms with van der Waals surface area (Å²) in [5, 5.41) is 8.26. The number of hydrogen-bond acceptors (Lipinski definition) is 5. The van der Waals surface area contributed by atoms with Gasteiger partial charge in [0, 0.05) is 35.7 Å². The second-order valence-corrected chi connectivity index (χ2v) is 7.34. The number of nitrogens with one attached hydrogen (secondary N) is 1. The average Bonchev–Trinajstić information content (AvgIpc) is 3.33. The lowest BCUT2D eigenvalue weighted by molar-refractivity contribution is 0.782. The fourth-order valence-corrected chi connectivity index (χ4v) is 3.41. The summed E-state index contributed by atoms with van der Waals surface area (Å²) in [5.41, 5.74) is 4.53. The van der Waals surface area contributed by atoms with Gasteiger partial charge in [0.2, 0.25) is 5.95 Å². The highest BCUT2D eigenvalue weighted by atomic mass is 16.1. The highest BCUT2D eigenvalue weighted by Crippen LogP contribution is 2.18. The fourth-order valence-electron chi connectivity index (χ4n) is 3.41. The molecule has 0 saturated carbocycles. The van der Waals surface area contributed by atoms with Crippen LogP contribution in [0.3, 0.4) is 0 Å². The number of nitrogens with zero attached hydrogens (tertiary/aromatic N) is 5. The molecule has 0 fully saturated rings. The zero-order chi connectivity index (χ0) is 21.2. The van der Waals surface area contributed by atoms with E-state index in [1.807, 2.05) is 67.7 Å². The van der Waals surface area contributed by atoms with Crippen LogP contribution in [0.2, 0.25) is 0 Å². The SMILES string of the molecule is Cc1ccc(Cn2c(=O)ccc3cnc(Nc4ccc(-n5cccn5)cc4)nc32)cc1. The number of hydrogen-bond donors (Lipinski definition) is 1. The molecule has 0 unspecified atom stereocenters. The van der Waals surface area contributed by atoms with Crippen molar-refractivity contribution in [2.24, 2.45) is 0 Å². The monoisotopic (exact) mass is 408 g/mol. The van der Waals surface area contributed by atoms with Crippen LogP contribution >= 0.6 is 0 Å². The summed E-state index contributed by atoms with van der Waals surface area (Å²) < 4.78 is 3.47. The summed E-state index contributed by atoms with van der Waals surface area (Å²) in [6.07, 6.45) is 5.36. The minimum Gasteiger partial charge on any atom is -0.324 e. The maximum Gasteiger partial charge on any atom is 0.252 e. The minimum absolute atomic E-state index is 0.0960. The van der Waals surface area contributed by atoms with Crippen LogP contribution in [0.4, 0.5) is 11.6 Å². The second kappa shape index (κ2) is 7.87. The molecule has 0 atom stereocenters. The topological polar surface area (TPSA) is 77.6 Å². The molecule has 7 nitrogen and oxygen atoms in total. The van der Waals surface area contributed by atoms with Gasteiger partial charge in [0.15, 0.2) is 0 Å². The zero-order valence-electron chi connectivity index (χ0n) is 16.9. The molecular formula is C24H20N6O. The van der Waals surface area contributed by atoms with Gasteiger partial charge in [0.05, 0.1) is 12.2 Å². The van der Waals surface area contributed by atoms with Crippen molar-refractivity contribution in [3.05, 3.63) is 107 Å². The van der Waals surface area contributed by atoms with Gasteiger partial charge >= 0.3 is 0 Å². The van der Waals surface area contributed by atoms with Crippen molar-refractivity contribution in [2.45, 2.75) is 13.5 Å². The van der Waals surface area contributed by atoms with Crippen LogP contribution in [-0.4, -0.2) is 24.3 Å². The smallest absolute Gasteiger partial charge is 0.252 e. The van der Waals surface area contributed by atoms with Gasteiger partial charge in [-0.3, -0.25) is 9.36 Å². The first kappa shape index (κ1) is 18.7. The Bertz CT molecular complexity index is 1390. The molecule has 0 spiro atoms. The van der Waals surface area contributed by atoms with Crippen molar-refractivity contribution in [2.75, 3.05) is 5.32 Å². The van der Waals surface area contributed by atoms with Crippen LogP contribution < -0.4 is 10.9 Å². The molecule has 2 aromatic carbocycles. The van der Waals surface area contributed by atoms with Crippen LogP contribution in [0, 0.1) is 6.92 Å². The molecule has 3 aromatic heterocycles. The number of aromatic nitrogens is 5. The number of pyridine rings is 1. The van der Waals surface area contributed by atoms with Gasteiger partial charge < -0.3 is 5.32 Å². The number of rotatable bonds is 5. The normalized spacial score (nSPS) is 11.0. The van der Waals surface area contributed by atoms with Crippen molar-refractivity contribution < 1.29 is 0 Å². The molecule has 5 aromatic rings. The number of anilines is 2. The third-order valence-electron chi connectivity index (χ3n) is 5.08. The predicted octanol–water partition coefficient (Wildman–Crippen LogP) is 4.08. The third-order valence-corrected chi connectivity index (χ3v) is 5.08. The van der Waals surface area contributed by atoms with E-state index in [1.165, 1.54) is 5.56 Å². The molecule has 0 bridgehead atoms. The predicted molar refractivity (Wildman–Crippen MR) is 121 cm³/mol. The first-order valence-corrected chi connectivity index (χ1v) is 9.95. The van der Waals surface area contributed by atoms with E-state index in [0.29, 0.717) is 18.1 Å². The molecule has 3 heterocycles. The fraction of sp³-hybridized carbons (Fsp3) is 0.0833. The maximum absolute atomic E-state index is 12.6. The van der Waals surface area contributed by atoms with E-state index in [0.717, 1.165) is 22.3 Å². The lowest BCUT2D eigenvalue weighted by Gasteiger charge is -2.11. The van der Waals surface area contributed by atoms with E-state index in [2.05, 4.69) is 20.4 Å². The van der Waals surface area contributed by atoms with E-state index in [9.17, 15) is 4.79 Å². The van der Waals surface area contributed by atoms with E-state index < -0.39 is 0 Å². The van der Waals surface area contributed by atoms with Crippen molar-refractivity contribution in [3.63, 3.8) is 0 Å². The van der Waals surface area contributed by atoms with Gasteiger partial charge in [-0.15, -0.1) is 0 Å². The van der Waals surface area contributed by atoms with Crippen molar-refractivity contribution in [1.29, 1.82) is 0 Å². The summed E-state index contributed by atoms with van der Waals surface area (Å²) >= 11 is 0. The third kappa shape index (κ3) is 3.93. The summed E-state index contributed by atoms with van der Waals surface area (Å²) in [7, 11) is 0. The van der Waals surface area contributed by atoms with Crippen LogP contribution in [-0.2, 0) is 6.54 Å². The second-order valence-electron chi connectivity index (χ2n) is 7.34. The largest absolute Gasteiger partial charge is 0.324 e. The maximum atomic E-state index is 12.6. The van der Waals surface area contributed by atoms with Crippen molar-refractivity contribution >= 4 is 22.7 Å². The van der Waals surface area contributed by atoms with Crippen molar-refractivity contribution in [1.82, 2.24) is 24.3 Å². The Morgan fingerprint density at radius 3 is 2.52 bits per heavy atom. The van der Waals surface area contributed by atoms with Gasteiger partial charge in [-0.2, -0.15) is 10.1 Å². The molecule has 0 radical (unpaired) electrons. The Balaban J connectivity index is 1.46. The lowest BCUT2D eigenvalue weighted by atomic mass is 10.1. The van der Waals surface area contributed by atoms with Gasteiger partial charge in [-0.25, -0.2) is 9.67 Å². The Morgan fingerprint density at radius 2 is 1.77 bits per heavy atom. The Hall–Kier alpha value is -4.26. The summed E-state index contributed by atoms with van der Waals surface area (Å²) in [6.45, 7) is 2.49. The van der Waals surface area contributed by atoms with E-state index >= 15 is 0 Å². The van der Waals surface area contributed by atoms with E-state index in [4.69, 9.17) is 0 Å². The van der Waals surface area contributed by atoms with Crippen molar-refractivity contribution in [3.8, 4) is 5.69 Å². The summed E-state index contributed by atoms with van der Waals surface area (Å²) in [5.74, 6) is 0.433. The van der Waals surface area contributed by atoms with E-state index in [-0.39, 0.29) is 5.56 Å². The lowest BCUT2D eigenvalue weighted by Crippen LogP contribution is -2.21. The number of benzene rings is 2. The van der Waals surface area contributed by atoms with Gasteiger partial charge in [0.1, 0.15) is 5.65 Å². The number of aryl methyl sites for hydroxylation is 1. The standard InChI is InChI=1S/C24H20N6O/c1-17-3-5-18(6-4-17)16-29-22(31)12-7-19-15-25-24(28-23(19)29)27-20-8-10-21(11-9-20)30-14-2-13-26-30/h2-15H,16H2,1H3,(H,25,27,28). The first-order valence-electron chi connectivity index (χ1n) is 9.95. The molecular weight excluding hydrogens is 388 g/mol. The molecule has 0 aliphatic heterocycles. The Labute approximate surface area is 178 Å². The van der Waals surface area contributed by atoms with Crippen LogP contribution in [0.1, 0.15) is 11.1 Å². The molecule has 152 valence electrons. The molecule has 0 saturated heterocycles. The van der Waals surface area contributed by atoms with Crippen LogP contribution in [0.15, 0.2) is 90.1 Å². The van der Waals surface area contributed by atoms with Crippen LogP contribution in [0.25, 0.3) is 16.7 Å². The minimum atomic E-state index is -0.0960. The molecule has 1 N–H and O–H groups in total.